The Morgan fingerprint density at radius 1 is 1.17 bits per heavy atom. The van der Waals surface area contributed by atoms with Gasteiger partial charge >= 0.3 is 5.97 Å². The normalized spacial score (nSPS) is 19.0. The molecule has 30 heavy (non-hydrogen) atoms. The molecule has 4 rings (SSSR count). The van der Waals surface area contributed by atoms with Gasteiger partial charge in [-0.1, -0.05) is 12.1 Å². The van der Waals surface area contributed by atoms with E-state index in [0.29, 0.717) is 19.1 Å². The number of hydrogen-bond acceptors (Lipinski definition) is 3. The molecule has 1 saturated heterocycles. The van der Waals surface area contributed by atoms with Gasteiger partial charge in [-0.15, -0.1) is 0 Å². The lowest BCUT2D eigenvalue weighted by Crippen LogP contribution is -2.45. The number of carbonyl (C=O) groups is 1. The highest BCUT2D eigenvalue weighted by atomic mass is 19.1. The van der Waals surface area contributed by atoms with Crippen molar-refractivity contribution in [3.05, 3.63) is 70.3 Å². The van der Waals surface area contributed by atoms with Gasteiger partial charge in [0.1, 0.15) is 11.6 Å². The van der Waals surface area contributed by atoms with Gasteiger partial charge in [0.25, 0.3) is 0 Å². The highest BCUT2D eigenvalue weighted by Crippen LogP contribution is 2.43. The summed E-state index contributed by atoms with van der Waals surface area (Å²) in [4.78, 5) is 13.6. The lowest BCUT2D eigenvalue weighted by Gasteiger charge is -2.42. The van der Waals surface area contributed by atoms with Crippen LogP contribution in [0.1, 0.15) is 58.6 Å². The fourth-order valence-electron chi connectivity index (χ4n) is 4.68. The monoisotopic (exact) mass is 415 g/mol. The highest BCUT2D eigenvalue weighted by molar-refractivity contribution is 5.88. The summed E-state index contributed by atoms with van der Waals surface area (Å²) in [6.07, 6.45) is 3.78. The molecule has 0 bridgehead atoms. The lowest BCUT2D eigenvalue weighted by atomic mass is 9.73. The van der Waals surface area contributed by atoms with E-state index in [2.05, 4.69) is 4.90 Å². The smallest absolute Gasteiger partial charge is 0.338 e. The van der Waals surface area contributed by atoms with Gasteiger partial charge < -0.3 is 9.84 Å². The summed E-state index contributed by atoms with van der Waals surface area (Å²) in [5.41, 5.74) is 2.55. The number of ether oxygens (including phenoxy) is 1. The molecule has 1 heterocycles. The third-order valence-electron chi connectivity index (χ3n) is 6.56. The van der Waals surface area contributed by atoms with E-state index in [1.807, 2.05) is 12.1 Å². The van der Waals surface area contributed by atoms with E-state index in [0.717, 1.165) is 55.5 Å². The second-order valence-electron chi connectivity index (χ2n) is 8.61. The van der Waals surface area contributed by atoms with Crippen molar-refractivity contribution in [1.82, 2.24) is 4.90 Å². The molecule has 160 valence electrons. The molecular weight excluding hydrogens is 388 g/mol. The van der Waals surface area contributed by atoms with Crippen LogP contribution in [0.5, 0.6) is 0 Å². The van der Waals surface area contributed by atoms with E-state index < -0.39 is 11.8 Å². The zero-order valence-electron chi connectivity index (χ0n) is 17.2. The Labute approximate surface area is 175 Å². The number of carboxylic acid groups (broad SMARTS) is 1. The van der Waals surface area contributed by atoms with Gasteiger partial charge in [-0.3, -0.25) is 4.90 Å². The van der Waals surface area contributed by atoms with Crippen LogP contribution in [-0.4, -0.2) is 42.8 Å². The Morgan fingerprint density at radius 2 is 1.83 bits per heavy atom. The Balaban J connectivity index is 1.51. The van der Waals surface area contributed by atoms with E-state index >= 15 is 0 Å². The molecule has 1 aliphatic heterocycles. The van der Waals surface area contributed by atoms with Crippen molar-refractivity contribution >= 4 is 5.97 Å². The van der Waals surface area contributed by atoms with Gasteiger partial charge in [-0.05, 0) is 85.6 Å². The summed E-state index contributed by atoms with van der Waals surface area (Å²) >= 11 is 0. The Hall–Kier alpha value is -2.31. The third-order valence-corrected chi connectivity index (χ3v) is 6.56. The Bertz CT molecular complexity index is 917. The average Bonchev–Trinajstić information content (AvgIpc) is 3.55. The van der Waals surface area contributed by atoms with Gasteiger partial charge in [0, 0.05) is 19.1 Å². The summed E-state index contributed by atoms with van der Waals surface area (Å²) in [7, 11) is 1.69. The maximum atomic E-state index is 14.3. The molecule has 2 fully saturated rings. The van der Waals surface area contributed by atoms with Crippen LogP contribution in [0.3, 0.4) is 0 Å². The molecule has 2 aromatic rings. The molecule has 0 amide bonds. The highest BCUT2D eigenvalue weighted by Gasteiger charge is 2.37. The number of hydrogen-bond donors (Lipinski definition) is 1. The van der Waals surface area contributed by atoms with E-state index in [4.69, 9.17) is 4.74 Å². The molecule has 2 aromatic carbocycles. The van der Waals surface area contributed by atoms with Crippen molar-refractivity contribution in [3.63, 3.8) is 0 Å². The van der Waals surface area contributed by atoms with Crippen molar-refractivity contribution in [2.45, 2.75) is 43.6 Å². The van der Waals surface area contributed by atoms with E-state index in [-0.39, 0.29) is 16.8 Å². The quantitative estimate of drug-likeness (QED) is 0.711. The van der Waals surface area contributed by atoms with Gasteiger partial charge in [0.2, 0.25) is 0 Å². The predicted octanol–water partition coefficient (Wildman–Crippen LogP) is 4.72. The number of aromatic carboxylic acids is 1. The van der Waals surface area contributed by atoms with Crippen LogP contribution in [0.2, 0.25) is 0 Å². The SMILES string of the molecule is COCC1(c2ccc(F)cc2)CCN(Cc2cc(F)c(C(=O)O)cc2C2CC2)CC1. The van der Waals surface area contributed by atoms with Gasteiger partial charge in [-0.2, -0.15) is 0 Å². The molecule has 2 aliphatic rings. The molecule has 0 aromatic heterocycles. The minimum absolute atomic E-state index is 0.156. The number of carboxylic acids is 1. The van der Waals surface area contributed by atoms with E-state index in [9.17, 15) is 18.7 Å². The molecule has 4 nitrogen and oxygen atoms in total. The lowest BCUT2D eigenvalue weighted by molar-refractivity contribution is 0.0689. The number of likely N-dealkylation sites (tertiary alicyclic amines) is 1. The van der Waals surface area contributed by atoms with Crippen LogP contribution in [-0.2, 0) is 16.7 Å². The molecule has 6 heteroatoms. The second kappa shape index (κ2) is 8.44. The number of piperidine rings is 1. The number of benzene rings is 2. The maximum absolute atomic E-state index is 14.3. The zero-order chi connectivity index (χ0) is 21.3. The maximum Gasteiger partial charge on any atom is 0.338 e. The zero-order valence-corrected chi connectivity index (χ0v) is 17.2. The van der Waals surface area contributed by atoms with Crippen LogP contribution in [0.15, 0.2) is 36.4 Å². The molecular formula is C24H27F2NO3. The second-order valence-corrected chi connectivity index (χ2v) is 8.61. The van der Waals surface area contributed by atoms with Crippen LogP contribution in [0.25, 0.3) is 0 Å². The predicted molar refractivity (Wildman–Crippen MR) is 110 cm³/mol. The van der Waals surface area contributed by atoms with Crippen LogP contribution < -0.4 is 0 Å². The van der Waals surface area contributed by atoms with Gasteiger partial charge in [-0.25, -0.2) is 13.6 Å². The van der Waals surface area contributed by atoms with E-state index in [1.54, 1.807) is 7.11 Å². The van der Waals surface area contributed by atoms with Crippen molar-refractivity contribution in [2.75, 3.05) is 26.8 Å². The minimum atomic E-state index is -1.22. The number of halogens is 2. The number of rotatable bonds is 7. The Kier molecular flexibility index (Phi) is 5.89. The number of nitrogens with zero attached hydrogens (tertiary/aromatic N) is 1. The molecule has 0 spiro atoms. The van der Waals surface area contributed by atoms with Crippen LogP contribution in [0, 0.1) is 11.6 Å². The first-order valence-corrected chi connectivity index (χ1v) is 10.4. The van der Waals surface area contributed by atoms with Gasteiger partial charge in [0.15, 0.2) is 0 Å². The molecule has 0 atom stereocenters. The fraction of sp³-hybridized carbons (Fsp3) is 0.458. The standard InChI is InChI=1S/C24H27F2NO3/c1-30-15-24(18-4-6-19(25)7-5-18)8-10-27(11-9-24)14-17-12-22(26)21(23(28)29)13-20(17)16-2-3-16/h4-7,12-13,16H,2-3,8-11,14-15H2,1H3,(H,28,29). The summed E-state index contributed by atoms with van der Waals surface area (Å²) in [5, 5.41) is 9.25. The first-order valence-electron chi connectivity index (χ1n) is 10.4. The summed E-state index contributed by atoms with van der Waals surface area (Å²) in [6.45, 7) is 2.80. The first kappa shape index (κ1) is 20.9. The van der Waals surface area contributed by atoms with Crippen molar-refractivity contribution < 1.29 is 23.4 Å². The average molecular weight is 415 g/mol. The minimum Gasteiger partial charge on any atom is -0.478 e. The van der Waals surface area contributed by atoms with Crippen molar-refractivity contribution in [1.29, 1.82) is 0 Å². The first-order chi connectivity index (χ1) is 14.4. The van der Waals surface area contributed by atoms with Crippen molar-refractivity contribution in [3.8, 4) is 0 Å². The molecule has 1 aliphatic carbocycles. The van der Waals surface area contributed by atoms with Crippen molar-refractivity contribution in [2.24, 2.45) is 0 Å². The summed E-state index contributed by atoms with van der Waals surface area (Å²) in [6, 6.07) is 9.61. The molecule has 0 radical (unpaired) electrons. The van der Waals surface area contributed by atoms with Gasteiger partial charge in [0.05, 0.1) is 12.2 Å². The van der Waals surface area contributed by atoms with Crippen LogP contribution >= 0.6 is 0 Å². The van der Waals surface area contributed by atoms with Crippen LogP contribution in [0.4, 0.5) is 8.78 Å². The largest absolute Gasteiger partial charge is 0.478 e. The summed E-state index contributed by atoms with van der Waals surface area (Å²) in [5.74, 6) is -1.79. The topological polar surface area (TPSA) is 49.8 Å². The molecule has 1 N–H and O–H groups in total. The molecule has 0 unspecified atom stereocenters. The number of methoxy groups -OCH3 is 1. The van der Waals surface area contributed by atoms with E-state index in [1.165, 1.54) is 24.3 Å². The fourth-order valence-corrected chi connectivity index (χ4v) is 4.68. The summed E-state index contributed by atoms with van der Waals surface area (Å²) < 4.78 is 33.2. The third kappa shape index (κ3) is 4.25. The Morgan fingerprint density at radius 3 is 2.40 bits per heavy atom. The molecule has 1 saturated carbocycles.